The lowest BCUT2D eigenvalue weighted by molar-refractivity contribution is -0.122. The van der Waals surface area contributed by atoms with Crippen molar-refractivity contribution in [2.45, 2.75) is 38.3 Å². The van der Waals surface area contributed by atoms with Crippen molar-refractivity contribution in [1.29, 1.82) is 0 Å². The molecule has 2 fully saturated rings. The Morgan fingerprint density at radius 1 is 1.04 bits per heavy atom. The van der Waals surface area contributed by atoms with Crippen LogP contribution < -0.4 is 4.90 Å². The summed E-state index contributed by atoms with van der Waals surface area (Å²) in [6.07, 6.45) is 1.80. The minimum absolute atomic E-state index is 0.0421. The maximum atomic E-state index is 13.1. The molecule has 132 valence electrons. The zero-order chi connectivity index (χ0) is 18.3. The highest BCUT2D eigenvalue weighted by atomic mass is 16.2. The maximum Gasteiger partial charge on any atom is 0.257 e. The Labute approximate surface area is 152 Å². The summed E-state index contributed by atoms with van der Waals surface area (Å²) >= 11 is 0. The van der Waals surface area contributed by atoms with Crippen LogP contribution in [0.15, 0.2) is 54.6 Å². The van der Waals surface area contributed by atoms with E-state index in [-0.39, 0.29) is 30.2 Å². The van der Waals surface area contributed by atoms with Crippen molar-refractivity contribution in [2.24, 2.45) is 0 Å². The van der Waals surface area contributed by atoms with Gasteiger partial charge < -0.3 is 4.90 Å². The van der Waals surface area contributed by atoms with E-state index < -0.39 is 6.04 Å². The predicted molar refractivity (Wildman–Crippen MR) is 97.7 cm³/mol. The number of hydrogen-bond acceptors (Lipinski definition) is 3. The Balaban J connectivity index is 1.65. The van der Waals surface area contributed by atoms with Crippen molar-refractivity contribution in [1.82, 2.24) is 4.90 Å². The number of aryl methyl sites for hydroxylation is 1. The highest BCUT2D eigenvalue weighted by molar-refractivity contribution is 6.23. The Kier molecular flexibility index (Phi) is 4.07. The first-order valence-electron chi connectivity index (χ1n) is 8.87. The van der Waals surface area contributed by atoms with Gasteiger partial charge in [-0.05, 0) is 44.0 Å². The van der Waals surface area contributed by atoms with Gasteiger partial charge in [0.25, 0.3) is 11.8 Å². The SMILES string of the molecule is Cc1cccc(C(=O)N(C2CC2)C2CC(=O)N(c3ccccc3)C2=O)c1. The van der Waals surface area contributed by atoms with Crippen LogP contribution in [0.3, 0.4) is 0 Å². The smallest absolute Gasteiger partial charge is 0.257 e. The monoisotopic (exact) mass is 348 g/mol. The minimum Gasteiger partial charge on any atom is -0.323 e. The summed E-state index contributed by atoms with van der Waals surface area (Å²) in [7, 11) is 0. The maximum absolute atomic E-state index is 13.1. The number of benzene rings is 2. The van der Waals surface area contributed by atoms with Gasteiger partial charge in [-0.25, -0.2) is 4.90 Å². The van der Waals surface area contributed by atoms with E-state index in [9.17, 15) is 14.4 Å². The molecule has 2 aromatic carbocycles. The molecule has 0 N–H and O–H groups in total. The van der Waals surface area contributed by atoms with Gasteiger partial charge in [0, 0.05) is 11.6 Å². The second kappa shape index (κ2) is 6.41. The molecule has 5 nitrogen and oxygen atoms in total. The topological polar surface area (TPSA) is 57.7 Å². The molecule has 3 amide bonds. The van der Waals surface area contributed by atoms with Gasteiger partial charge in [0.1, 0.15) is 6.04 Å². The molecule has 1 saturated heterocycles. The fraction of sp³-hybridized carbons (Fsp3) is 0.286. The minimum atomic E-state index is -0.719. The molecule has 2 aromatic rings. The van der Waals surface area contributed by atoms with E-state index in [1.165, 1.54) is 4.90 Å². The zero-order valence-corrected chi connectivity index (χ0v) is 14.6. The van der Waals surface area contributed by atoms with E-state index in [2.05, 4.69) is 0 Å². The molecule has 5 heteroatoms. The molecule has 1 saturated carbocycles. The number of para-hydroxylation sites is 1. The number of anilines is 1. The van der Waals surface area contributed by atoms with Gasteiger partial charge in [-0.1, -0.05) is 35.9 Å². The third kappa shape index (κ3) is 2.90. The molecule has 1 atom stereocenters. The molecule has 0 spiro atoms. The molecule has 4 rings (SSSR count). The molecule has 0 radical (unpaired) electrons. The normalized spacial score (nSPS) is 19.7. The molecule has 1 aliphatic carbocycles. The van der Waals surface area contributed by atoms with Crippen molar-refractivity contribution in [3.63, 3.8) is 0 Å². The van der Waals surface area contributed by atoms with Gasteiger partial charge in [-0.15, -0.1) is 0 Å². The molecule has 1 aliphatic heterocycles. The van der Waals surface area contributed by atoms with Crippen LogP contribution in [-0.2, 0) is 9.59 Å². The van der Waals surface area contributed by atoms with Crippen molar-refractivity contribution < 1.29 is 14.4 Å². The van der Waals surface area contributed by atoms with Gasteiger partial charge in [-0.2, -0.15) is 0 Å². The lowest BCUT2D eigenvalue weighted by Crippen LogP contribution is -2.46. The third-order valence-electron chi connectivity index (χ3n) is 4.91. The first kappa shape index (κ1) is 16.5. The first-order chi connectivity index (χ1) is 12.6. The van der Waals surface area contributed by atoms with E-state index in [1.807, 2.05) is 31.2 Å². The zero-order valence-electron chi connectivity index (χ0n) is 14.6. The summed E-state index contributed by atoms with van der Waals surface area (Å²) in [5.41, 5.74) is 2.12. The quantitative estimate of drug-likeness (QED) is 0.798. The highest BCUT2D eigenvalue weighted by Gasteiger charge is 2.48. The number of nitrogens with zero attached hydrogens (tertiary/aromatic N) is 2. The molecule has 0 aromatic heterocycles. The van der Waals surface area contributed by atoms with Crippen LogP contribution in [0.2, 0.25) is 0 Å². The van der Waals surface area contributed by atoms with Gasteiger partial charge >= 0.3 is 0 Å². The number of amides is 3. The molecule has 1 heterocycles. The van der Waals surface area contributed by atoms with Crippen LogP contribution in [0.4, 0.5) is 5.69 Å². The largest absolute Gasteiger partial charge is 0.323 e. The van der Waals surface area contributed by atoms with E-state index >= 15 is 0 Å². The summed E-state index contributed by atoms with van der Waals surface area (Å²) in [5.74, 6) is -0.736. The fourth-order valence-corrected chi connectivity index (χ4v) is 3.52. The molecule has 0 bridgehead atoms. The first-order valence-corrected chi connectivity index (χ1v) is 8.87. The summed E-state index contributed by atoms with van der Waals surface area (Å²) in [6.45, 7) is 1.93. The van der Waals surface area contributed by atoms with E-state index in [0.717, 1.165) is 18.4 Å². The van der Waals surface area contributed by atoms with Crippen LogP contribution in [0, 0.1) is 6.92 Å². The van der Waals surface area contributed by atoms with E-state index in [0.29, 0.717) is 11.3 Å². The second-order valence-electron chi connectivity index (χ2n) is 6.94. The second-order valence-corrected chi connectivity index (χ2v) is 6.94. The lowest BCUT2D eigenvalue weighted by atomic mass is 10.1. The van der Waals surface area contributed by atoms with Crippen molar-refractivity contribution in [3.05, 3.63) is 65.7 Å². The van der Waals surface area contributed by atoms with Crippen molar-refractivity contribution in [2.75, 3.05) is 4.90 Å². The molecule has 26 heavy (non-hydrogen) atoms. The standard InChI is InChI=1S/C21H20N2O3/c1-14-6-5-7-15(12-14)20(25)22(17-10-11-17)18-13-19(24)23(21(18)26)16-8-3-2-4-9-16/h2-9,12,17-18H,10-11,13H2,1H3. The number of imide groups is 1. The van der Waals surface area contributed by atoms with Crippen molar-refractivity contribution >= 4 is 23.4 Å². The van der Waals surface area contributed by atoms with Crippen LogP contribution in [0.1, 0.15) is 35.2 Å². The molecule has 1 unspecified atom stereocenters. The summed E-state index contributed by atoms with van der Waals surface area (Å²) in [5, 5.41) is 0. The van der Waals surface area contributed by atoms with E-state index in [1.54, 1.807) is 35.2 Å². The van der Waals surface area contributed by atoms with Gasteiger partial charge in [0.05, 0.1) is 12.1 Å². The number of carbonyl (C=O) groups excluding carboxylic acids is 3. The Morgan fingerprint density at radius 2 is 1.77 bits per heavy atom. The van der Waals surface area contributed by atoms with Crippen LogP contribution >= 0.6 is 0 Å². The molecule has 2 aliphatic rings. The summed E-state index contributed by atoms with van der Waals surface area (Å²) in [4.78, 5) is 41.5. The van der Waals surface area contributed by atoms with Gasteiger partial charge in [-0.3, -0.25) is 14.4 Å². The highest BCUT2D eigenvalue weighted by Crippen LogP contribution is 2.35. The summed E-state index contributed by atoms with van der Waals surface area (Å²) in [6, 6.07) is 15.6. The number of carbonyl (C=O) groups is 3. The Morgan fingerprint density at radius 3 is 2.42 bits per heavy atom. The van der Waals surface area contributed by atoms with Gasteiger partial charge in [0.2, 0.25) is 5.91 Å². The number of hydrogen-bond donors (Lipinski definition) is 0. The molecular weight excluding hydrogens is 328 g/mol. The Bertz CT molecular complexity index is 874. The van der Waals surface area contributed by atoms with Crippen LogP contribution in [-0.4, -0.2) is 34.7 Å². The summed E-state index contributed by atoms with van der Waals surface area (Å²) < 4.78 is 0. The Hall–Kier alpha value is -2.95. The average Bonchev–Trinajstić information content (AvgIpc) is 3.42. The van der Waals surface area contributed by atoms with Crippen LogP contribution in [0.5, 0.6) is 0 Å². The lowest BCUT2D eigenvalue weighted by Gasteiger charge is -2.27. The predicted octanol–water partition coefficient (Wildman–Crippen LogP) is 2.93. The van der Waals surface area contributed by atoms with Crippen molar-refractivity contribution in [3.8, 4) is 0 Å². The van der Waals surface area contributed by atoms with E-state index in [4.69, 9.17) is 0 Å². The fourth-order valence-electron chi connectivity index (χ4n) is 3.52. The third-order valence-corrected chi connectivity index (χ3v) is 4.91. The number of rotatable bonds is 4. The average molecular weight is 348 g/mol. The van der Waals surface area contributed by atoms with Gasteiger partial charge in [0.15, 0.2) is 0 Å². The molecular formula is C21H20N2O3. The van der Waals surface area contributed by atoms with Crippen LogP contribution in [0.25, 0.3) is 0 Å².